The van der Waals surface area contributed by atoms with E-state index in [1.54, 1.807) is 11.1 Å². The summed E-state index contributed by atoms with van der Waals surface area (Å²) in [6, 6.07) is -0.114. The van der Waals surface area contributed by atoms with Crippen LogP contribution in [0.2, 0.25) is 0 Å². The van der Waals surface area contributed by atoms with E-state index < -0.39 is 5.97 Å². The van der Waals surface area contributed by atoms with Crippen LogP contribution >= 0.6 is 11.3 Å². The maximum absolute atomic E-state index is 11.9. The van der Waals surface area contributed by atoms with E-state index in [-0.39, 0.29) is 18.7 Å². The van der Waals surface area contributed by atoms with Crippen LogP contribution in [0.25, 0.3) is 0 Å². The number of carboxylic acid groups (broad SMARTS) is 1. The predicted molar refractivity (Wildman–Crippen MR) is 72.5 cm³/mol. The molecule has 0 saturated carbocycles. The highest BCUT2D eigenvalue weighted by molar-refractivity contribution is 7.09. The average molecular weight is 299 g/mol. The number of ether oxygens (including phenoxy) is 1. The fraction of sp³-hybridized carbons (Fsp3) is 0.583. The molecule has 1 aromatic heterocycles. The molecule has 8 heteroatoms. The quantitative estimate of drug-likeness (QED) is 0.843. The number of piperidine rings is 1. The summed E-state index contributed by atoms with van der Waals surface area (Å²) in [6.07, 6.45) is 2.96. The van der Waals surface area contributed by atoms with Crippen molar-refractivity contribution >= 4 is 23.3 Å². The second-order valence-electron chi connectivity index (χ2n) is 4.48. The number of aliphatic carboxylic acids is 1. The van der Waals surface area contributed by atoms with Crippen molar-refractivity contribution in [1.29, 1.82) is 0 Å². The minimum Gasteiger partial charge on any atom is -0.480 e. The van der Waals surface area contributed by atoms with Gasteiger partial charge in [-0.1, -0.05) is 0 Å². The van der Waals surface area contributed by atoms with E-state index in [1.807, 2.05) is 5.38 Å². The molecule has 2 heterocycles. The largest absolute Gasteiger partial charge is 0.480 e. The van der Waals surface area contributed by atoms with Gasteiger partial charge >= 0.3 is 12.0 Å². The van der Waals surface area contributed by atoms with E-state index >= 15 is 0 Å². The third-order valence-corrected chi connectivity index (χ3v) is 3.83. The highest BCUT2D eigenvalue weighted by Crippen LogP contribution is 2.14. The number of carbonyl (C=O) groups excluding carboxylic acids is 1. The van der Waals surface area contributed by atoms with Crippen molar-refractivity contribution in [3.05, 3.63) is 16.6 Å². The van der Waals surface area contributed by atoms with E-state index in [9.17, 15) is 9.59 Å². The molecule has 2 amide bonds. The van der Waals surface area contributed by atoms with Crippen LogP contribution in [-0.4, -0.2) is 52.8 Å². The normalized spacial score (nSPS) is 16.1. The van der Waals surface area contributed by atoms with Crippen LogP contribution in [0.15, 0.2) is 11.6 Å². The number of amides is 2. The van der Waals surface area contributed by atoms with E-state index in [1.165, 1.54) is 11.3 Å². The number of carbonyl (C=O) groups is 2. The Labute approximate surface area is 120 Å². The maximum Gasteiger partial charge on any atom is 0.329 e. The number of thiazole rings is 1. The van der Waals surface area contributed by atoms with Crippen molar-refractivity contribution in [1.82, 2.24) is 15.2 Å². The Kier molecular flexibility index (Phi) is 5.31. The smallest absolute Gasteiger partial charge is 0.329 e. The number of hydrogen-bond donors (Lipinski definition) is 2. The highest BCUT2D eigenvalue weighted by Gasteiger charge is 2.23. The number of rotatable bonds is 5. The van der Waals surface area contributed by atoms with Gasteiger partial charge in [-0.15, -0.1) is 11.3 Å². The van der Waals surface area contributed by atoms with Gasteiger partial charge in [0.2, 0.25) is 0 Å². The number of nitrogens with zero attached hydrogens (tertiary/aromatic N) is 2. The van der Waals surface area contributed by atoms with Crippen molar-refractivity contribution in [3.8, 4) is 0 Å². The fourth-order valence-corrected chi connectivity index (χ4v) is 2.57. The number of urea groups is 1. The third kappa shape index (κ3) is 4.46. The average Bonchev–Trinajstić information content (AvgIpc) is 2.96. The summed E-state index contributed by atoms with van der Waals surface area (Å²) in [5.41, 5.74) is 0. The van der Waals surface area contributed by atoms with E-state index in [0.29, 0.717) is 32.5 Å². The van der Waals surface area contributed by atoms with Gasteiger partial charge < -0.3 is 20.1 Å². The number of carboxylic acids is 1. The highest BCUT2D eigenvalue weighted by atomic mass is 32.1. The third-order valence-electron chi connectivity index (χ3n) is 3.05. The Morgan fingerprint density at radius 1 is 1.50 bits per heavy atom. The van der Waals surface area contributed by atoms with Crippen LogP contribution in [0.1, 0.15) is 17.8 Å². The molecule has 20 heavy (non-hydrogen) atoms. The van der Waals surface area contributed by atoms with Crippen LogP contribution in [0.5, 0.6) is 0 Å². The zero-order valence-corrected chi connectivity index (χ0v) is 11.8. The fourth-order valence-electron chi connectivity index (χ4n) is 2.02. The Balaban J connectivity index is 1.67. The maximum atomic E-state index is 11.9. The van der Waals surface area contributed by atoms with E-state index in [2.05, 4.69) is 10.3 Å². The van der Waals surface area contributed by atoms with Gasteiger partial charge in [0, 0.05) is 24.7 Å². The molecule has 0 unspecified atom stereocenters. The first kappa shape index (κ1) is 14.7. The van der Waals surface area contributed by atoms with Gasteiger partial charge in [0.05, 0.1) is 12.6 Å². The summed E-state index contributed by atoms with van der Waals surface area (Å²) >= 11 is 1.50. The molecule has 0 bridgehead atoms. The molecular formula is C12H17N3O4S. The first-order valence-electron chi connectivity index (χ1n) is 6.39. The lowest BCUT2D eigenvalue weighted by molar-refractivity contribution is -0.145. The molecule has 1 aromatic rings. The minimum absolute atomic E-state index is 0.0749. The zero-order valence-electron chi connectivity index (χ0n) is 10.9. The molecule has 1 aliphatic rings. The lowest BCUT2D eigenvalue weighted by Gasteiger charge is -2.31. The van der Waals surface area contributed by atoms with Gasteiger partial charge in [0.15, 0.2) is 0 Å². The molecule has 2 rings (SSSR count). The molecule has 0 atom stereocenters. The summed E-state index contributed by atoms with van der Waals surface area (Å²) < 4.78 is 5.23. The lowest BCUT2D eigenvalue weighted by atomic mass is 10.1. The number of aromatic nitrogens is 1. The molecule has 1 aliphatic heterocycles. The molecule has 0 spiro atoms. The molecule has 1 fully saturated rings. The predicted octanol–water partition coefficient (Wildman–Crippen LogP) is 0.918. The van der Waals surface area contributed by atoms with Gasteiger partial charge in [-0.2, -0.15) is 0 Å². The summed E-state index contributed by atoms with van der Waals surface area (Å²) in [4.78, 5) is 28.1. The minimum atomic E-state index is -0.964. The van der Waals surface area contributed by atoms with Crippen LogP contribution < -0.4 is 5.32 Å². The Hall–Kier alpha value is -1.67. The van der Waals surface area contributed by atoms with E-state index in [0.717, 1.165) is 5.01 Å². The van der Waals surface area contributed by atoms with Crippen molar-refractivity contribution in [2.24, 2.45) is 0 Å². The molecule has 1 saturated heterocycles. The number of likely N-dealkylation sites (tertiary alicyclic amines) is 1. The van der Waals surface area contributed by atoms with Crippen LogP contribution in [0, 0.1) is 0 Å². The zero-order chi connectivity index (χ0) is 14.4. The summed E-state index contributed by atoms with van der Waals surface area (Å²) in [5, 5.41) is 14.1. The molecule has 7 nitrogen and oxygen atoms in total. The van der Waals surface area contributed by atoms with Crippen LogP contribution in [-0.2, 0) is 16.1 Å². The lowest BCUT2D eigenvalue weighted by Crippen LogP contribution is -2.45. The summed E-state index contributed by atoms with van der Waals surface area (Å²) in [6.45, 7) is 1.31. The second kappa shape index (κ2) is 7.20. The van der Waals surface area contributed by atoms with Crippen molar-refractivity contribution in [2.45, 2.75) is 25.5 Å². The van der Waals surface area contributed by atoms with Crippen LogP contribution in [0.3, 0.4) is 0 Å². The van der Waals surface area contributed by atoms with E-state index in [4.69, 9.17) is 9.84 Å². The molecule has 0 radical (unpaired) electrons. The molecule has 2 N–H and O–H groups in total. The SMILES string of the molecule is O=C(O)COC1CCN(C(=O)NCc2nccs2)CC1. The first-order chi connectivity index (χ1) is 9.65. The number of hydrogen-bond acceptors (Lipinski definition) is 5. The topological polar surface area (TPSA) is 91.8 Å². The van der Waals surface area contributed by atoms with Crippen LogP contribution in [0.4, 0.5) is 4.79 Å². The van der Waals surface area contributed by atoms with Gasteiger partial charge in [-0.3, -0.25) is 0 Å². The Morgan fingerprint density at radius 3 is 2.85 bits per heavy atom. The Bertz CT molecular complexity index is 444. The van der Waals surface area contributed by atoms with Crippen molar-refractivity contribution in [3.63, 3.8) is 0 Å². The molecular weight excluding hydrogens is 282 g/mol. The summed E-state index contributed by atoms with van der Waals surface area (Å²) in [5.74, 6) is -0.964. The summed E-state index contributed by atoms with van der Waals surface area (Å²) in [7, 11) is 0. The Morgan fingerprint density at radius 2 is 2.25 bits per heavy atom. The second-order valence-corrected chi connectivity index (χ2v) is 5.45. The van der Waals surface area contributed by atoms with Crippen molar-refractivity contribution < 1.29 is 19.4 Å². The molecule has 0 aromatic carbocycles. The van der Waals surface area contributed by atoms with Gasteiger partial charge in [-0.25, -0.2) is 14.6 Å². The molecule has 110 valence electrons. The van der Waals surface area contributed by atoms with Gasteiger partial charge in [-0.05, 0) is 12.8 Å². The number of nitrogens with one attached hydrogen (secondary N) is 1. The van der Waals surface area contributed by atoms with Gasteiger partial charge in [0.25, 0.3) is 0 Å². The van der Waals surface area contributed by atoms with Crippen molar-refractivity contribution in [2.75, 3.05) is 19.7 Å². The first-order valence-corrected chi connectivity index (χ1v) is 7.27. The van der Waals surface area contributed by atoms with Gasteiger partial charge in [0.1, 0.15) is 11.6 Å². The monoisotopic (exact) mass is 299 g/mol. The standard InChI is InChI=1S/C12H17N3O4S/c16-11(17)8-19-9-1-4-15(5-2-9)12(18)14-7-10-13-3-6-20-10/h3,6,9H,1-2,4-5,7-8H2,(H,14,18)(H,16,17). The molecule has 0 aliphatic carbocycles.